The van der Waals surface area contributed by atoms with Gasteiger partial charge in [0.2, 0.25) is 11.8 Å². The minimum Gasteiger partial charge on any atom is -0.495 e. The third kappa shape index (κ3) is 11.6. The highest BCUT2D eigenvalue weighted by atomic mass is 35.5. The Morgan fingerprint density at radius 2 is 1.79 bits per heavy atom. The summed E-state index contributed by atoms with van der Waals surface area (Å²) in [5.41, 5.74) is -0.955. The van der Waals surface area contributed by atoms with Gasteiger partial charge >= 0.3 is 12.1 Å². The Morgan fingerprint density at radius 3 is 2.44 bits per heavy atom. The number of allylic oxidation sites excluding steroid dienone is 3. The van der Waals surface area contributed by atoms with E-state index >= 15 is 0 Å². The summed E-state index contributed by atoms with van der Waals surface area (Å²) >= 11 is 6.81. The van der Waals surface area contributed by atoms with E-state index in [9.17, 15) is 46.8 Å². The molecule has 5 aliphatic rings. The van der Waals surface area contributed by atoms with Crippen LogP contribution in [0.3, 0.4) is 0 Å². The first-order valence-electron chi connectivity index (χ1n) is 21.8. The number of amides is 5. The maximum atomic E-state index is 14.3. The Hall–Kier alpha value is -4.36. The van der Waals surface area contributed by atoms with E-state index < -0.39 is 98.6 Å². The maximum Gasteiger partial charge on any atom is 0.409 e. The molecule has 24 heteroatoms. The molecule has 374 valence electrons. The van der Waals surface area contributed by atoms with Crippen molar-refractivity contribution in [2.45, 2.75) is 125 Å². The van der Waals surface area contributed by atoms with E-state index in [4.69, 9.17) is 40.1 Å². The zero-order valence-electron chi connectivity index (χ0n) is 38.8. The van der Waals surface area contributed by atoms with Crippen LogP contribution in [-0.2, 0) is 64.3 Å². The van der Waals surface area contributed by atoms with Crippen molar-refractivity contribution in [3.05, 3.63) is 58.4 Å². The normalized spacial score (nSPS) is 30.0. The van der Waals surface area contributed by atoms with E-state index in [-0.39, 0.29) is 59.8 Å². The Bertz CT molecular complexity index is 2370. The van der Waals surface area contributed by atoms with Crippen LogP contribution in [0, 0.1) is 5.92 Å². The van der Waals surface area contributed by atoms with Crippen LogP contribution >= 0.6 is 33.2 Å². The van der Waals surface area contributed by atoms with Crippen LogP contribution in [0.25, 0.3) is 0 Å². The van der Waals surface area contributed by atoms with Gasteiger partial charge in [-0.1, -0.05) is 70.8 Å². The third-order valence-corrected chi connectivity index (χ3v) is 17.1. The van der Waals surface area contributed by atoms with Crippen molar-refractivity contribution in [3.8, 4) is 5.75 Å². The Morgan fingerprint density at radius 1 is 1.10 bits per heavy atom. The molecule has 3 N–H and O–H groups in total. The summed E-state index contributed by atoms with van der Waals surface area (Å²) in [7, 11) is 3.49. The summed E-state index contributed by atoms with van der Waals surface area (Å²) in [5, 5.41) is 12.2. The van der Waals surface area contributed by atoms with Gasteiger partial charge in [0, 0.05) is 63.8 Å². The van der Waals surface area contributed by atoms with Gasteiger partial charge in [0.25, 0.3) is 21.9 Å². The highest BCUT2D eigenvalue weighted by Crippen LogP contribution is 2.54. The van der Waals surface area contributed by atoms with Crippen LogP contribution in [-0.4, -0.2) is 150 Å². The van der Waals surface area contributed by atoms with Crippen molar-refractivity contribution in [2.75, 3.05) is 39.0 Å². The topological polar surface area (TPSA) is 257 Å². The van der Waals surface area contributed by atoms with E-state index in [1.165, 1.54) is 34.8 Å². The van der Waals surface area contributed by atoms with E-state index in [0.717, 1.165) is 21.9 Å². The quantitative estimate of drug-likeness (QED) is 0.0773. The number of fused-ring (bicyclic) bond motifs is 4. The van der Waals surface area contributed by atoms with Crippen molar-refractivity contribution in [2.24, 2.45) is 5.92 Å². The average molecular weight is 1030 g/mol. The summed E-state index contributed by atoms with van der Waals surface area (Å²) < 4.78 is 64.0. The first-order chi connectivity index (χ1) is 31.9. The molecule has 0 saturated carbocycles. The number of anilines is 1. The van der Waals surface area contributed by atoms with Gasteiger partial charge in [-0.15, -0.1) is 5.06 Å². The average Bonchev–Trinajstić information content (AvgIpc) is 3.77. The summed E-state index contributed by atoms with van der Waals surface area (Å²) in [4.78, 5) is 85.0. The molecule has 1 spiro atoms. The van der Waals surface area contributed by atoms with Gasteiger partial charge < -0.3 is 43.4 Å². The summed E-state index contributed by atoms with van der Waals surface area (Å²) in [6.45, 7) is 7.08. The molecule has 3 saturated heterocycles. The van der Waals surface area contributed by atoms with Crippen LogP contribution in [0.5, 0.6) is 5.75 Å². The highest BCUT2D eigenvalue weighted by molar-refractivity contribution is 8.76. The van der Waals surface area contributed by atoms with E-state index in [1.807, 2.05) is 19.9 Å². The molecule has 68 heavy (non-hydrogen) atoms. The molecule has 4 bridgehead atoms. The maximum absolute atomic E-state index is 14.3. The predicted molar refractivity (Wildman–Crippen MR) is 250 cm³/mol. The van der Waals surface area contributed by atoms with Gasteiger partial charge in [-0.05, 0) is 50.5 Å². The molecular weight excluding hydrogens is 972 g/mol. The van der Waals surface area contributed by atoms with Crippen molar-refractivity contribution in [1.29, 1.82) is 0 Å². The van der Waals surface area contributed by atoms with Gasteiger partial charge in [-0.2, -0.15) is 8.42 Å². The SMILES string of the molecule is COc1cc2cc(c1Cl)N(C)C(=O)C[C@@H]1OC([C@H](C)N(C)C(=O)CCSSC(C)CC(C(=O)ON3C(=O)CCC3=O)S(=O)(=O)O)=C[C@]13O[C@H]3[C@H](C)[C@@H]1C[C@@](O)(NC(=O)O1)[C@H](OC)/C=C/C=C(\C)C2. The number of nitrogens with zero attached hydrogens (tertiary/aromatic N) is 3. The predicted octanol–water partition coefficient (Wildman–Crippen LogP) is 4.28. The fourth-order valence-corrected chi connectivity index (χ4v) is 12.2. The number of carbonyl (C=O) groups is 6. The number of methoxy groups -OCH3 is 2. The van der Waals surface area contributed by atoms with Crippen LogP contribution in [0.4, 0.5) is 10.5 Å². The second-order valence-corrected chi connectivity index (χ2v) is 22.4. The van der Waals surface area contributed by atoms with E-state index in [1.54, 1.807) is 58.3 Å². The molecule has 2 unspecified atom stereocenters. The van der Waals surface area contributed by atoms with Gasteiger partial charge in [0.15, 0.2) is 16.6 Å². The van der Waals surface area contributed by atoms with Gasteiger partial charge in [-0.25, -0.2) is 9.59 Å². The molecule has 5 aliphatic heterocycles. The number of aliphatic hydroxyl groups is 1. The number of epoxide rings is 1. The number of likely N-dealkylation sites (N-methyl/N-ethyl adjacent to an activating group) is 1. The molecule has 0 radical (unpaired) electrons. The summed E-state index contributed by atoms with van der Waals surface area (Å²) in [5.74, 6) is -3.32. The monoisotopic (exact) mass is 1030 g/mol. The highest BCUT2D eigenvalue weighted by Gasteiger charge is 2.68. The standard InChI is InChI=1S/C44H57ClN4O16S3/c1-23-10-9-11-33(61-8)44(56)22-30(63-42(55)46-44)25(3)40-43(64-40)21-31(62-34(43)20-38(53)48(6)28-18-27(16-23)19-29(60-7)39(28)45)26(4)47(5)35(50)14-15-66-67-24(2)17-32(68(57,58)59)41(54)65-49-36(51)12-13-37(49)52/h9-11,18-19,21,24-26,30,32-34,40,56H,12-17,20,22H2,1-8H3,(H,46,55)(H,57,58,59)/b11-9+,23-10+/t24?,25-,26+,30+,32?,33-,34+,40+,43+,44+/m1/s1. The van der Waals surface area contributed by atoms with Crippen molar-refractivity contribution >= 4 is 84.7 Å². The second kappa shape index (κ2) is 21.3. The van der Waals surface area contributed by atoms with Gasteiger partial charge in [0.1, 0.15) is 40.9 Å². The van der Waals surface area contributed by atoms with Crippen LogP contribution < -0.4 is 15.0 Å². The van der Waals surface area contributed by atoms with E-state index in [0.29, 0.717) is 23.6 Å². The number of nitrogens with one attached hydrogen (secondary N) is 1. The first-order valence-corrected chi connectivity index (χ1v) is 26.0. The Kier molecular flexibility index (Phi) is 16.6. The molecule has 0 aliphatic carbocycles. The number of ether oxygens (including phenoxy) is 5. The molecule has 10 atom stereocenters. The smallest absolute Gasteiger partial charge is 0.409 e. The minimum atomic E-state index is -4.98. The number of hydrogen-bond donors (Lipinski definition) is 3. The molecule has 1 aromatic rings. The summed E-state index contributed by atoms with van der Waals surface area (Å²) in [6, 6.07) is 2.92. The Balaban J connectivity index is 1.17. The number of benzene rings is 1. The van der Waals surface area contributed by atoms with Gasteiger partial charge in [-0.3, -0.25) is 29.0 Å². The lowest BCUT2D eigenvalue weighted by molar-refractivity contribution is -0.197. The second-order valence-electron chi connectivity index (χ2n) is 17.5. The number of halogens is 1. The third-order valence-electron chi connectivity index (χ3n) is 12.7. The lowest BCUT2D eigenvalue weighted by atomic mass is 9.83. The molecule has 3 fully saturated rings. The summed E-state index contributed by atoms with van der Waals surface area (Å²) in [6.07, 6.45) is 2.08. The fraction of sp³-hybridized carbons (Fsp3) is 0.591. The van der Waals surface area contributed by atoms with Crippen LogP contribution in [0.1, 0.15) is 71.8 Å². The van der Waals surface area contributed by atoms with Crippen molar-refractivity contribution < 1.29 is 75.4 Å². The lowest BCUT2D eigenvalue weighted by Crippen LogP contribution is -2.63. The number of imide groups is 1. The first kappa shape index (κ1) is 53.0. The van der Waals surface area contributed by atoms with Crippen molar-refractivity contribution in [3.63, 3.8) is 0 Å². The molecule has 0 aromatic heterocycles. The number of carbonyl (C=O) groups excluding carboxylic acids is 6. The minimum absolute atomic E-state index is 0.0235. The van der Waals surface area contributed by atoms with Crippen LogP contribution in [0.15, 0.2) is 47.8 Å². The fourth-order valence-electron chi connectivity index (χ4n) is 8.58. The van der Waals surface area contributed by atoms with E-state index in [2.05, 4.69) is 5.32 Å². The number of alkyl carbamates (subject to hydrolysis) is 1. The molecule has 5 amide bonds. The number of hydroxylamine groups is 2. The van der Waals surface area contributed by atoms with Crippen LogP contribution in [0.2, 0.25) is 5.02 Å². The molecule has 1 aromatic carbocycles. The molecule has 6 rings (SSSR count). The molecule has 5 heterocycles. The zero-order valence-corrected chi connectivity index (χ0v) is 42.0. The zero-order chi connectivity index (χ0) is 50.0. The number of rotatable bonds is 14. The lowest BCUT2D eigenvalue weighted by Gasteiger charge is -2.42. The Labute approximate surface area is 407 Å². The number of hydrogen-bond acceptors (Lipinski definition) is 17. The largest absolute Gasteiger partial charge is 0.495 e. The molecule has 20 nitrogen and oxygen atoms in total. The van der Waals surface area contributed by atoms with Gasteiger partial charge in [0.05, 0.1) is 25.3 Å². The molecular formula is C44H57ClN4O16S3. The van der Waals surface area contributed by atoms with Crippen molar-refractivity contribution in [1.82, 2.24) is 15.3 Å².